The summed E-state index contributed by atoms with van der Waals surface area (Å²) >= 11 is 0. The molecule has 1 aliphatic rings. The lowest BCUT2D eigenvalue weighted by Crippen LogP contribution is -2.33. The fourth-order valence-corrected chi connectivity index (χ4v) is 3.33. The molecule has 10 heteroatoms. The van der Waals surface area contributed by atoms with Gasteiger partial charge in [0.1, 0.15) is 11.9 Å². The molecule has 4 rings (SSSR count). The molecule has 0 saturated carbocycles. The summed E-state index contributed by atoms with van der Waals surface area (Å²) < 4.78 is 24.5. The molecule has 2 amide bonds. The highest BCUT2D eigenvalue weighted by Gasteiger charge is 2.32. The smallest absolute Gasteiger partial charge is 0.438 e. The van der Waals surface area contributed by atoms with Crippen molar-refractivity contribution in [2.75, 3.05) is 18.0 Å². The van der Waals surface area contributed by atoms with Crippen LogP contribution in [0, 0.1) is 5.82 Å². The minimum Gasteiger partial charge on any atom is -0.442 e. The van der Waals surface area contributed by atoms with E-state index in [1.807, 2.05) is 0 Å². The number of hydrogen-bond donors (Lipinski definition) is 2. The predicted molar refractivity (Wildman–Crippen MR) is 108 cm³/mol. The van der Waals surface area contributed by atoms with Gasteiger partial charge in [0, 0.05) is 18.9 Å². The van der Waals surface area contributed by atoms with E-state index in [9.17, 15) is 18.8 Å². The Morgan fingerprint density at radius 2 is 2.03 bits per heavy atom. The zero-order chi connectivity index (χ0) is 22.0. The molecule has 3 aromatic rings. The average Bonchev–Trinajstić information content (AvgIpc) is 3.32. The Labute approximate surface area is 175 Å². The number of cyclic esters (lactones) is 1. The molecule has 160 valence electrons. The number of hydrogen-bond acceptors (Lipinski definition) is 6. The number of benzene rings is 2. The number of halogens is 1. The molecule has 2 aromatic carbocycles. The second kappa shape index (κ2) is 8.42. The van der Waals surface area contributed by atoms with Crippen molar-refractivity contribution in [1.29, 1.82) is 0 Å². The van der Waals surface area contributed by atoms with Gasteiger partial charge in [-0.3, -0.25) is 19.2 Å². The number of aromatic nitrogens is 2. The van der Waals surface area contributed by atoms with Crippen molar-refractivity contribution in [1.82, 2.24) is 15.5 Å². The first-order chi connectivity index (χ1) is 14.9. The van der Waals surface area contributed by atoms with Crippen LogP contribution >= 0.6 is 0 Å². The molecular formula is C21H19FN4O5. The monoisotopic (exact) mass is 426 g/mol. The van der Waals surface area contributed by atoms with Crippen LogP contribution in [0.25, 0.3) is 11.1 Å². The van der Waals surface area contributed by atoms with Crippen molar-refractivity contribution in [2.45, 2.75) is 19.4 Å². The van der Waals surface area contributed by atoms with Crippen LogP contribution in [-0.4, -0.2) is 41.3 Å². The highest BCUT2D eigenvalue weighted by molar-refractivity contribution is 5.90. The standard InChI is InChI=1S/C21H19FN4O5/c1-12(27)23-10-16-11-26(21(29)30-16)15-6-7-17(18(22)9-15)14-4-2-13(3-5-14)8-19-24-20(28)31-25-19/h2-7,9,16H,8,10-11H2,1H3,(H,23,27)(H,24,25,28)/t16-/m0/s1. The van der Waals surface area contributed by atoms with E-state index in [4.69, 9.17) is 4.74 Å². The molecule has 9 nitrogen and oxygen atoms in total. The van der Waals surface area contributed by atoms with E-state index in [0.29, 0.717) is 29.1 Å². The van der Waals surface area contributed by atoms with Gasteiger partial charge in [0.05, 0.1) is 18.8 Å². The molecule has 1 aromatic heterocycles. The normalized spacial score (nSPS) is 15.7. The number of carbonyl (C=O) groups excluding carboxylic acids is 2. The Bertz CT molecular complexity index is 1170. The SMILES string of the molecule is CC(=O)NC[C@H]1CN(c2ccc(-c3ccc(Cc4noc(=O)[nH]4)cc3)c(F)c2)C(=O)O1. The molecule has 2 N–H and O–H groups in total. The van der Waals surface area contributed by atoms with Crippen LogP contribution in [0.5, 0.6) is 0 Å². The van der Waals surface area contributed by atoms with Gasteiger partial charge in [0.15, 0.2) is 5.82 Å². The van der Waals surface area contributed by atoms with Crippen molar-refractivity contribution in [3.8, 4) is 11.1 Å². The average molecular weight is 426 g/mol. The van der Waals surface area contributed by atoms with Gasteiger partial charge in [-0.25, -0.2) is 14.0 Å². The van der Waals surface area contributed by atoms with Crippen molar-refractivity contribution in [3.05, 3.63) is 70.2 Å². The van der Waals surface area contributed by atoms with E-state index < -0.39 is 23.8 Å². The van der Waals surface area contributed by atoms with Gasteiger partial charge in [-0.2, -0.15) is 0 Å². The van der Waals surface area contributed by atoms with Gasteiger partial charge in [-0.15, -0.1) is 0 Å². The maximum Gasteiger partial charge on any atom is 0.438 e. The van der Waals surface area contributed by atoms with Crippen molar-refractivity contribution < 1.29 is 23.2 Å². The van der Waals surface area contributed by atoms with E-state index in [2.05, 4.69) is 20.0 Å². The van der Waals surface area contributed by atoms with Crippen LogP contribution in [0.1, 0.15) is 18.3 Å². The Hall–Kier alpha value is -3.95. The van der Waals surface area contributed by atoms with Crippen LogP contribution in [-0.2, 0) is 16.0 Å². The van der Waals surface area contributed by atoms with Gasteiger partial charge in [0.2, 0.25) is 5.91 Å². The van der Waals surface area contributed by atoms with Crippen LogP contribution in [0.4, 0.5) is 14.9 Å². The van der Waals surface area contributed by atoms with Crippen molar-refractivity contribution in [2.24, 2.45) is 0 Å². The zero-order valence-electron chi connectivity index (χ0n) is 16.6. The van der Waals surface area contributed by atoms with E-state index >= 15 is 0 Å². The third-order valence-electron chi connectivity index (χ3n) is 4.84. The lowest BCUT2D eigenvalue weighted by molar-refractivity contribution is -0.119. The van der Waals surface area contributed by atoms with E-state index in [1.54, 1.807) is 36.4 Å². The number of H-pyrrole nitrogens is 1. The molecule has 1 aliphatic heterocycles. The minimum atomic E-state index is -0.614. The van der Waals surface area contributed by atoms with Crippen LogP contribution in [0.2, 0.25) is 0 Å². The predicted octanol–water partition coefficient (Wildman–Crippen LogP) is 2.22. The zero-order valence-corrected chi connectivity index (χ0v) is 16.6. The Kier molecular flexibility index (Phi) is 5.52. The van der Waals surface area contributed by atoms with Crippen molar-refractivity contribution in [3.63, 3.8) is 0 Å². The molecule has 1 saturated heterocycles. The lowest BCUT2D eigenvalue weighted by atomic mass is 10.0. The Morgan fingerprint density at radius 1 is 1.26 bits per heavy atom. The molecule has 0 unspecified atom stereocenters. The molecule has 1 atom stereocenters. The molecule has 1 fully saturated rings. The van der Waals surface area contributed by atoms with Gasteiger partial charge in [-0.05, 0) is 29.3 Å². The first-order valence-corrected chi connectivity index (χ1v) is 9.55. The summed E-state index contributed by atoms with van der Waals surface area (Å²) in [6, 6.07) is 11.7. The number of anilines is 1. The molecule has 0 radical (unpaired) electrons. The van der Waals surface area contributed by atoms with Gasteiger partial charge in [0.25, 0.3) is 0 Å². The summed E-state index contributed by atoms with van der Waals surface area (Å²) in [5, 5.41) is 6.22. The summed E-state index contributed by atoms with van der Waals surface area (Å²) in [6.45, 7) is 1.80. The molecule has 0 bridgehead atoms. The highest BCUT2D eigenvalue weighted by atomic mass is 19.1. The molecule has 2 heterocycles. The molecule has 31 heavy (non-hydrogen) atoms. The first-order valence-electron chi connectivity index (χ1n) is 9.55. The minimum absolute atomic E-state index is 0.201. The Morgan fingerprint density at radius 3 is 2.68 bits per heavy atom. The fourth-order valence-electron chi connectivity index (χ4n) is 3.33. The van der Waals surface area contributed by atoms with Gasteiger partial charge < -0.3 is 10.1 Å². The van der Waals surface area contributed by atoms with Crippen LogP contribution < -0.4 is 16.0 Å². The second-order valence-corrected chi connectivity index (χ2v) is 7.13. The maximum atomic E-state index is 14.8. The summed E-state index contributed by atoms with van der Waals surface area (Å²) in [5.41, 5.74) is 2.29. The molecular weight excluding hydrogens is 407 g/mol. The van der Waals surface area contributed by atoms with Crippen molar-refractivity contribution >= 4 is 17.7 Å². The van der Waals surface area contributed by atoms with Gasteiger partial charge in [-0.1, -0.05) is 29.4 Å². The van der Waals surface area contributed by atoms with Crippen LogP contribution in [0.15, 0.2) is 51.8 Å². The molecule has 0 spiro atoms. The summed E-state index contributed by atoms with van der Waals surface area (Å²) in [5.74, 6) is -0.908. The van der Waals surface area contributed by atoms with Gasteiger partial charge >= 0.3 is 11.8 Å². The highest BCUT2D eigenvalue weighted by Crippen LogP contribution is 2.29. The second-order valence-electron chi connectivity index (χ2n) is 7.13. The summed E-state index contributed by atoms with van der Waals surface area (Å²) in [7, 11) is 0. The number of ether oxygens (including phenoxy) is 1. The maximum absolute atomic E-state index is 14.8. The van der Waals surface area contributed by atoms with E-state index in [0.717, 1.165) is 5.56 Å². The Balaban J connectivity index is 1.47. The molecule has 0 aliphatic carbocycles. The van der Waals surface area contributed by atoms with E-state index in [-0.39, 0.29) is 19.0 Å². The summed E-state index contributed by atoms with van der Waals surface area (Å²) in [6.07, 6.45) is -0.700. The number of nitrogens with zero attached hydrogens (tertiary/aromatic N) is 2. The topological polar surface area (TPSA) is 118 Å². The lowest BCUT2D eigenvalue weighted by Gasteiger charge is -2.14. The number of nitrogens with one attached hydrogen (secondary N) is 2. The van der Waals surface area contributed by atoms with E-state index in [1.165, 1.54) is 17.9 Å². The quantitative estimate of drug-likeness (QED) is 0.624. The van der Waals surface area contributed by atoms with Crippen LogP contribution in [0.3, 0.4) is 0 Å². The third-order valence-corrected chi connectivity index (χ3v) is 4.84. The summed E-state index contributed by atoms with van der Waals surface area (Å²) in [4.78, 5) is 38.0. The third kappa shape index (κ3) is 4.63. The number of amides is 2. The first kappa shape index (κ1) is 20.3. The number of aromatic amines is 1. The number of carbonyl (C=O) groups is 2. The largest absolute Gasteiger partial charge is 0.442 e. The fraction of sp³-hybridized carbons (Fsp3) is 0.238. The number of rotatable bonds is 6.